The summed E-state index contributed by atoms with van der Waals surface area (Å²) >= 11 is 3.44. The van der Waals surface area contributed by atoms with Crippen LogP contribution >= 0.6 is 15.9 Å². The van der Waals surface area contributed by atoms with Crippen LogP contribution in [-0.2, 0) is 0 Å². The number of aryl methyl sites for hydroxylation is 1. The maximum Gasteiger partial charge on any atom is 0.276 e. The summed E-state index contributed by atoms with van der Waals surface area (Å²) in [5.41, 5.74) is 2.12. The Hall–Kier alpha value is -1.95. The van der Waals surface area contributed by atoms with Gasteiger partial charge < -0.3 is 10.6 Å². The topological polar surface area (TPSA) is 66.9 Å². The number of hydrogen-bond acceptors (Lipinski definition) is 4. The molecule has 6 heteroatoms. The van der Waals surface area contributed by atoms with E-state index in [1.54, 1.807) is 12.1 Å². The van der Waals surface area contributed by atoms with Gasteiger partial charge in [0, 0.05) is 16.7 Å². The van der Waals surface area contributed by atoms with Crippen LogP contribution in [0.3, 0.4) is 0 Å². The van der Waals surface area contributed by atoms with Crippen molar-refractivity contribution in [3.05, 3.63) is 46.1 Å². The van der Waals surface area contributed by atoms with E-state index in [4.69, 9.17) is 0 Å². The molecule has 1 aromatic heterocycles. The maximum absolute atomic E-state index is 12.1. The molecular formula is C16H19BrN4O. The van der Waals surface area contributed by atoms with Gasteiger partial charge in [-0.25, -0.2) is 0 Å². The van der Waals surface area contributed by atoms with Crippen molar-refractivity contribution in [3.8, 4) is 0 Å². The Kier molecular flexibility index (Phi) is 5.89. The molecule has 2 aromatic rings. The number of nitrogens with one attached hydrogen (secondary N) is 2. The molecule has 0 saturated carbocycles. The fourth-order valence-electron chi connectivity index (χ4n) is 1.81. The third-order valence-corrected chi connectivity index (χ3v) is 4.02. The smallest absolute Gasteiger partial charge is 0.276 e. The first kappa shape index (κ1) is 16.4. The summed E-state index contributed by atoms with van der Waals surface area (Å²) in [6, 6.07) is 9.09. The first-order valence-corrected chi connectivity index (χ1v) is 8.04. The Labute approximate surface area is 138 Å². The Balaban J connectivity index is 1.98. The predicted octanol–water partition coefficient (Wildman–Crippen LogP) is 4.01. The average molecular weight is 363 g/mol. The molecule has 5 nitrogen and oxygen atoms in total. The van der Waals surface area contributed by atoms with E-state index in [0.717, 1.165) is 35.1 Å². The number of aromatic nitrogens is 2. The second kappa shape index (κ2) is 7.89. The maximum atomic E-state index is 12.1. The number of nitrogens with zero attached hydrogens (tertiary/aromatic N) is 2. The van der Waals surface area contributed by atoms with Gasteiger partial charge in [-0.1, -0.05) is 35.3 Å². The molecule has 2 rings (SSSR count). The van der Waals surface area contributed by atoms with E-state index in [1.807, 2.05) is 25.1 Å². The van der Waals surface area contributed by atoms with Crippen molar-refractivity contribution in [2.75, 3.05) is 17.2 Å². The lowest BCUT2D eigenvalue weighted by molar-refractivity contribution is 0.102. The third kappa shape index (κ3) is 4.53. The molecule has 0 saturated heterocycles. The number of carbonyl (C=O) groups excluding carboxylic acids is 1. The zero-order chi connectivity index (χ0) is 15.9. The van der Waals surface area contributed by atoms with Crippen LogP contribution in [0.15, 0.2) is 34.8 Å². The van der Waals surface area contributed by atoms with Crippen molar-refractivity contribution in [3.63, 3.8) is 0 Å². The molecule has 0 bridgehead atoms. The lowest BCUT2D eigenvalue weighted by atomic mass is 10.2. The van der Waals surface area contributed by atoms with Crippen molar-refractivity contribution in [1.29, 1.82) is 0 Å². The highest BCUT2D eigenvalue weighted by atomic mass is 79.9. The molecule has 0 spiro atoms. The van der Waals surface area contributed by atoms with Crippen LogP contribution in [0.5, 0.6) is 0 Å². The molecule has 0 aliphatic rings. The van der Waals surface area contributed by atoms with E-state index >= 15 is 0 Å². The van der Waals surface area contributed by atoms with Gasteiger partial charge in [-0.3, -0.25) is 4.79 Å². The molecule has 0 aliphatic carbocycles. The minimum absolute atomic E-state index is 0.275. The number of halogens is 1. The average Bonchev–Trinajstić information content (AvgIpc) is 2.52. The van der Waals surface area contributed by atoms with Gasteiger partial charge in [0.05, 0.1) is 0 Å². The van der Waals surface area contributed by atoms with E-state index in [1.165, 1.54) is 0 Å². The second-order valence-electron chi connectivity index (χ2n) is 5.00. The van der Waals surface area contributed by atoms with Gasteiger partial charge in [-0.05, 0) is 43.2 Å². The Morgan fingerprint density at radius 3 is 2.68 bits per heavy atom. The predicted molar refractivity (Wildman–Crippen MR) is 92.3 cm³/mol. The Morgan fingerprint density at radius 2 is 2.05 bits per heavy atom. The fraction of sp³-hybridized carbons (Fsp3) is 0.312. The van der Waals surface area contributed by atoms with Crippen LogP contribution in [0.25, 0.3) is 0 Å². The van der Waals surface area contributed by atoms with Crippen LogP contribution in [0.1, 0.15) is 35.8 Å². The van der Waals surface area contributed by atoms with E-state index < -0.39 is 0 Å². The number of rotatable bonds is 6. The molecule has 2 N–H and O–H groups in total. The van der Waals surface area contributed by atoms with Gasteiger partial charge in [-0.15, -0.1) is 10.2 Å². The van der Waals surface area contributed by atoms with Crippen molar-refractivity contribution < 1.29 is 4.79 Å². The Bertz CT molecular complexity index is 643. The highest BCUT2D eigenvalue weighted by molar-refractivity contribution is 9.10. The van der Waals surface area contributed by atoms with Crippen LogP contribution < -0.4 is 10.6 Å². The van der Waals surface area contributed by atoms with E-state index in [0.29, 0.717) is 5.82 Å². The molecule has 22 heavy (non-hydrogen) atoms. The molecular weight excluding hydrogens is 344 g/mol. The third-order valence-electron chi connectivity index (χ3n) is 3.16. The van der Waals surface area contributed by atoms with Crippen LogP contribution in [0.4, 0.5) is 11.5 Å². The first-order chi connectivity index (χ1) is 10.6. The van der Waals surface area contributed by atoms with Crippen LogP contribution in [0, 0.1) is 6.92 Å². The quantitative estimate of drug-likeness (QED) is 0.761. The fourth-order valence-corrected chi connectivity index (χ4v) is 2.19. The number of anilines is 2. The number of hydrogen-bond donors (Lipinski definition) is 2. The molecule has 0 fully saturated rings. The van der Waals surface area contributed by atoms with Crippen LogP contribution in [-0.4, -0.2) is 22.6 Å². The van der Waals surface area contributed by atoms with E-state index in [-0.39, 0.29) is 11.6 Å². The highest BCUT2D eigenvalue weighted by Gasteiger charge is 2.09. The molecule has 0 aliphatic heterocycles. The lowest BCUT2D eigenvalue weighted by Gasteiger charge is -2.07. The highest BCUT2D eigenvalue weighted by Crippen LogP contribution is 2.20. The molecule has 0 unspecified atom stereocenters. The molecule has 1 aromatic carbocycles. The molecule has 0 radical (unpaired) electrons. The monoisotopic (exact) mass is 362 g/mol. The van der Waals surface area contributed by atoms with Gasteiger partial charge in [-0.2, -0.15) is 0 Å². The summed E-state index contributed by atoms with van der Waals surface area (Å²) in [5, 5.41) is 13.9. The van der Waals surface area contributed by atoms with Crippen LogP contribution in [0.2, 0.25) is 0 Å². The number of benzene rings is 1. The summed E-state index contributed by atoms with van der Waals surface area (Å²) in [6.45, 7) is 4.98. The largest absolute Gasteiger partial charge is 0.369 e. The van der Waals surface area contributed by atoms with Gasteiger partial charge in [0.25, 0.3) is 5.91 Å². The summed E-state index contributed by atoms with van der Waals surface area (Å²) in [7, 11) is 0. The second-order valence-corrected chi connectivity index (χ2v) is 5.86. The summed E-state index contributed by atoms with van der Waals surface area (Å²) < 4.78 is 0.951. The number of carbonyl (C=O) groups is 1. The molecule has 0 atom stereocenters. The van der Waals surface area contributed by atoms with E-state index in [2.05, 4.69) is 43.7 Å². The zero-order valence-corrected chi connectivity index (χ0v) is 14.3. The standard InChI is InChI=1S/C16H19BrN4O/c1-3-4-9-18-15-8-7-14(20-21-15)16(22)19-12-6-5-11(2)13(17)10-12/h5-8,10H,3-4,9H2,1-2H3,(H,18,21)(H,19,22). The van der Waals surface area contributed by atoms with Crippen molar-refractivity contribution in [2.45, 2.75) is 26.7 Å². The van der Waals surface area contributed by atoms with Gasteiger partial charge in [0.2, 0.25) is 0 Å². The first-order valence-electron chi connectivity index (χ1n) is 7.25. The minimum Gasteiger partial charge on any atom is -0.369 e. The van der Waals surface area contributed by atoms with Gasteiger partial charge >= 0.3 is 0 Å². The van der Waals surface area contributed by atoms with Crippen molar-refractivity contribution in [2.24, 2.45) is 0 Å². The van der Waals surface area contributed by atoms with Crippen molar-refractivity contribution in [1.82, 2.24) is 10.2 Å². The van der Waals surface area contributed by atoms with Crippen molar-refractivity contribution >= 4 is 33.3 Å². The molecule has 1 heterocycles. The summed E-state index contributed by atoms with van der Waals surface area (Å²) in [6.07, 6.45) is 2.19. The number of unbranched alkanes of at least 4 members (excludes halogenated alkanes) is 1. The van der Waals surface area contributed by atoms with Gasteiger partial charge in [0.15, 0.2) is 5.69 Å². The SMILES string of the molecule is CCCCNc1ccc(C(=O)Nc2ccc(C)c(Br)c2)nn1. The van der Waals surface area contributed by atoms with Gasteiger partial charge in [0.1, 0.15) is 5.82 Å². The molecule has 116 valence electrons. The normalized spacial score (nSPS) is 10.3. The molecule has 1 amide bonds. The van der Waals surface area contributed by atoms with E-state index in [9.17, 15) is 4.79 Å². The number of amides is 1. The summed E-state index contributed by atoms with van der Waals surface area (Å²) in [4.78, 5) is 12.1. The minimum atomic E-state index is -0.275. The zero-order valence-electron chi connectivity index (χ0n) is 12.7. The summed E-state index contributed by atoms with van der Waals surface area (Å²) in [5.74, 6) is 0.409. The lowest BCUT2D eigenvalue weighted by Crippen LogP contribution is -2.15. The Morgan fingerprint density at radius 1 is 1.23 bits per heavy atom.